The number of sulfonamides is 1. The highest BCUT2D eigenvalue weighted by molar-refractivity contribution is 7.89. The van der Waals surface area contributed by atoms with Gasteiger partial charge in [0.1, 0.15) is 0 Å². The first kappa shape index (κ1) is 10.9. The number of hydrogen-bond donors (Lipinski definition) is 1. The molecular formula is C8H18N2O2S. The van der Waals surface area contributed by atoms with Crippen molar-refractivity contribution in [2.45, 2.75) is 32.4 Å². The van der Waals surface area contributed by atoms with Crippen LogP contribution in [0, 0.1) is 5.92 Å². The first-order chi connectivity index (χ1) is 5.94. The van der Waals surface area contributed by atoms with Gasteiger partial charge < -0.3 is 0 Å². The van der Waals surface area contributed by atoms with Gasteiger partial charge in [0, 0.05) is 13.1 Å². The van der Waals surface area contributed by atoms with Crippen LogP contribution in [0.15, 0.2) is 0 Å². The summed E-state index contributed by atoms with van der Waals surface area (Å²) in [6.45, 7) is 7.19. The van der Waals surface area contributed by atoms with Crippen LogP contribution in [0.5, 0.6) is 0 Å². The molecule has 4 nitrogen and oxygen atoms in total. The highest BCUT2D eigenvalue weighted by atomic mass is 32.2. The average molecular weight is 206 g/mol. The molecule has 0 bridgehead atoms. The Hall–Kier alpha value is -0.130. The van der Waals surface area contributed by atoms with Crippen molar-refractivity contribution in [1.82, 2.24) is 9.84 Å². The van der Waals surface area contributed by atoms with Gasteiger partial charge in [-0.15, -0.1) is 4.41 Å². The molecule has 5 heteroatoms. The second-order valence-electron chi connectivity index (χ2n) is 3.97. The van der Waals surface area contributed by atoms with E-state index in [-0.39, 0.29) is 5.25 Å². The van der Waals surface area contributed by atoms with Crippen molar-refractivity contribution < 1.29 is 8.42 Å². The SMILES string of the molecule is CC(C)CNN1CCC(C)S1(=O)=O. The topological polar surface area (TPSA) is 49.4 Å². The van der Waals surface area contributed by atoms with Gasteiger partial charge in [-0.2, -0.15) is 0 Å². The van der Waals surface area contributed by atoms with E-state index in [1.807, 2.05) is 0 Å². The molecule has 0 radical (unpaired) electrons. The molecular weight excluding hydrogens is 188 g/mol. The molecule has 0 aromatic carbocycles. The lowest BCUT2D eigenvalue weighted by Crippen LogP contribution is -2.42. The first-order valence-electron chi connectivity index (χ1n) is 4.69. The molecule has 1 unspecified atom stereocenters. The van der Waals surface area contributed by atoms with E-state index in [1.54, 1.807) is 6.92 Å². The lowest BCUT2D eigenvalue weighted by Gasteiger charge is -2.18. The summed E-state index contributed by atoms with van der Waals surface area (Å²) in [6.07, 6.45) is 0.730. The maximum absolute atomic E-state index is 11.6. The summed E-state index contributed by atoms with van der Waals surface area (Å²) in [5.74, 6) is 0.464. The van der Waals surface area contributed by atoms with Crippen molar-refractivity contribution in [2.24, 2.45) is 5.92 Å². The van der Waals surface area contributed by atoms with Crippen molar-refractivity contribution in [2.75, 3.05) is 13.1 Å². The Bertz CT molecular complexity index is 261. The van der Waals surface area contributed by atoms with Gasteiger partial charge in [0.2, 0.25) is 10.0 Å². The average Bonchev–Trinajstić information content (AvgIpc) is 2.25. The fourth-order valence-electron chi connectivity index (χ4n) is 1.25. The van der Waals surface area contributed by atoms with E-state index in [0.717, 1.165) is 6.42 Å². The van der Waals surface area contributed by atoms with E-state index in [4.69, 9.17) is 0 Å². The molecule has 13 heavy (non-hydrogen) atoms. The minimum atomic E-state index is -3.04. The van der Waals surface area contributed by atoms with Crippen LogP contribution in [0.3, 0.4) is 0 Å². The summed E-state index contributed by atoms with van der Waals surface area (Å²) in [7, 11) is -3.04. The molecule has 0 aromatic rings. The standard InChI is InChI=1S/C8H18N2O2S/c1-7(2)6-9-10-5-4-8(3)13(10,11)12/h7-9H,4-6H2,1-3H3. The van der Waals surface area contributed by atoms with E-state index < -0.39 is 10.0 Å². The molecule has 0 spiro atoms. The Morgan fingerprint density at radius 2 is 2.15 bits per heavy atom. The monoisotopic (exact) mass is 206 g/mol. The zero-order valence-electron chi connectivity index (χ0n) is 8.45. The van der Waals surface area contributed by atoms with Crippen LogP contribution in [0.2, 0.25) is 0 Å². The number of nitrogens with one attached hydrogen (secondary N) is 1. The second kappa shape index (κ2) is 3.94. The van der Waals surface area contributed by atoms with Gasteiger partial charge >= 0.3 is 0 Å². The van der Waals surface area contributed by atoms with E-state index in [2.05, 4.69) is 19.3 Å². The van der Waals surface area contributed by atoms with Gasteiger partial charge in [-0.1, -0.05) is 13.8 Å². The van der Waals surface area contributed by atoms with Crippen molar-refractivity contribution in [3.8, 4) is 0 Å². The molecule has 1 aliphatic heterocycles. The van der Waals surface area contributed by atoms with Crippen LogP contribution < -0.4 is 5.43 Å². The van der Waals surface area contributed by atoms with Crippen molar-refractivity contribution in [1.29, 1.82) is 0 Å². The number of hydrazine groups is 1. The van der Waals surface area contributed by atoms with E-state index in [9.17, 15) is 8.42 Å². The zero-order valence-corrected chi connectivity index (χ0v) is 9.26. The molecule has 78 valence electrons. The number of rotatable bonds is 3. The summed E-state index contributed by atoms with van der Waals surface area (Å²) < 4.78 is 24.5. The lowest BCUT2D eigenvalue weighted by molar-refractivity contribution is 0.318. The maximum atomic E-state index is 11.6. The van der Waals surface area contributed by atoms with Crippen molar-refractivity contribution in [3.63, 3.8) is 0 Å². The third-order valence-electron chi connectivity index (χ3n) is 2.23. The first-order valence-corrected chi connectivity index (χ1v) is 6.20. The quantitative estimate of drug-likeness (QED) is 0.734. The normalized spacial score (nSPS) is 28.5. The Balaban J connectivity index is 2.53. The molecule has 1 atom stereocenters. The van der Waals surface area contributed by atoms with Gasteiger partial charge in [0.05, 0.1) is 5.25 Å². The third kappa shape index (κ3) is 2.42. The third-order valence-corrected chi connectivity index (χ3v) is 4.41. The van der Waals surface area contributed by atoms with Crippen LogP contribution in [0.25, 0.3) is 0 Å². The largest absolute Gasteiger partial charge is 0.241 e. The Morgan fingerprint density at radius 3 is 2.54 bits per heavy atom. The van der Waals surface area contributed by atoms with Gasteiger partial charge in [0.15, 0.2) is 0 Å². The molecule has 1 fully saturated rings. The Labute approximate surface area is 80.3 Å². The fraction of sp³-hybridized carbons (Fsp3) is 1.00. The van der Waals surface area contributed by atoms with Gasteiger partial charge in [-0.3, -0.25) is 0 Å². The van der Waals surface area contributed by atoms with Crippen LogP contribution in [0.4, 0.5) is 0 Å². The highest BCUT2D eigenvalue weighted by Gasteiger charge is 2.35. The molecule has 0 aromatic heterocycles. The predicted octanol–water partition coefficient (Wildman–Crippen LogP) is 0.571. The molecule has 0 aliphatic carbocycles. The summed E-state index contributed by atoms with van der Waals surface area (Å²) in [4.78, 5) is 0. The predicted molar refractivity (Wildman–Crippen MR) is 52.5 cm³/mol. The summed E-state index contributed by atoms with van der Waals surface area (Å²) in [5, 5.41) is -0.229. The van der Waals surface area contributed by atoms with Gasteiger partial charge in [-0.25, -0.2) is 13.8 Å². The molecule has 0 amide bonds. The minimum absolute atomic E-state index is 0.229. The van der Waals surface area contributed by atoms with E-state index in [0.29, 0.717) is 19.0 Å². The summed E-state index contributed by atoms with van der Waals surface area (Å²) in [6, 6.07) is 0. The Morgan fingerprint density at radius 1 is 1.54 bits per heavy atom. The van der Waals surface area contributed by atoms with Crippen LogP contribution >= 0.6 is 0 Å². The Kier molecular flexibility index (Phi) is 3.32. The van der Waals surface area contributed by atoms with Gasteiger partial charge in [0.25, 0.3) is 0 Å². The van der Waals surface area contributed by atoms with E-state index >= 15 is 0 Å². The van der Waals surface area contributed by atoms with Crippen LogP contribution in [0.1, 0.15) is 27.2 Å². The minimum Gasteiger partial charge on any atom is -0.241 e. The number of nitrogens with zero attached hydrogens (tertiary/aromatic N) is 1. The summed E-state index contributed by atoms with van der Waals surface area (Å²) in [5.41, 5.74) is 2.95. The van der Waals surface area contributed by atoms with Crippen LogP contribution in [-0.4, -0.2) is 31.2 Å². The van der Waals surface area contributed by atoms with Crippen molar-refractivity contribution >= 4 is 10.0 Å². The van der Waals surface area contributed by atoms with E-state index in [1.165, 1.54) is 4.41 Å². The molecule has 1 heterocycles. The second-order valence-corrected chi connectivity index (χ2v) is 6.25. The molecule has 1 aliphatic rings. The maximum Gasteiger partial charge on any atom is 0.229 e. The molecule has 0 saturated carbocycles. The molecule has 1 rings (SSSR count). The fourth-order valence-corrected chi connectivity index (χ4v) is 2.70. The lowest BCUT2D eigenvalue weighted by atomic mass is 10.2. The smallest absolute Gasteiger partial charge is 0.229 e. The molecule has 1 N–H and O–H groups in total. The summed E-state index contributed by atoms with van der Waals surface area (Å²) >= 11 is 0. The van der Waals surface area contributed by atoms with Gasteiger partial charge in [-0.05, 0) is 19.3 Å². The zero-order chi connectivity index (χ0) is 10.1. The highest BCUT2D eigenvalue weighted by Crippen LogP contribution is 2.18. The number of hydrogen-bond acceptors (Lipinski definition) is 3. The molecule has 1 saturated heterocycles. The van der Waals surface area contributed by atoms with Crippen molar-refractivity contribution in [3.05, 3.63) is 0 Å². The van der Waals surface area contributed by atoms with Crippen LogP contribution in [-0.2, 0) is 10.0 Å².